The van der Waals surface area contributed by atoms with Crippen molar-refractivity contribution in [2.45, 2.75) is 30.4 Å². The summed E-state index contributed by atoms with van der Waals surface area (Å²) >= 11 is 7.28. The number of benzene rings is 3. The Balaban J connectivity index is 1.49. The van der Waals surface area contributed by atoms with Crippen molar-refractivity contribution in [3.63, 3.8) is 0 Å². The van der Waals surface area contributed by atoms with E-state index in [-0.39, 0.29) is 23.5 Å². The Hall–Kier alpha value is -3.29. The lowest BCUT2D eigenvalue weighted by Gasteiger charge is -2.13. The molecule has 2 amide bonds. The van der Waals surface area contributed by atoms with Crippen molar-refractivity contribution >= 4 is 52.5 Å². The van der Waals surface area contributed by atoms with Gasteiger partial charge in [-0.15, -0.1) is 11.8 Å². The van der Waals surface area contributed by atoms with Crippen LogP contribution >= 0.6 is 23.4 Å². The van der Waals surface area contributed by atoms with Crippen molar-refractivity contribution in [2.75, 3.05) is 17.2 Å². The maximum atomic E-state index is 12.6. The van der Waals surface area contributed by atoms with Crippen LogP contribution in [0, 0.1) is 0 Å². The van der Waals surface area contributed by atoms with Gasteiger partial charge in [0.25, 0.3) is 0 Å². The molecule has 0 heterocycles. The summed E-state index contributed by atoms with van der Waals surface area (Å²) in [6, 6.07) is 21.1. The van der Waals surface area contributed by atoms with Crippen molar-refractivity contribution in [3.8, 4) is 0 Å². The molecule has 3 rings (SSSR count). The van der Waals surface area contributed by atoms with E-state index in [1.54, 1.807) is 55.5 Å². The average Bonchev–Trinajstić information content (AvgIpc) is 2.82. The van der Waals surface area contributed by atoms with Crippen LogP contribution in [0.25, 0.3) is 0 Å². The monoisotopic (exact) mass is 496 g/mol. The Labute approximate surface area is 208 Å². The van der Waals surface area contributed by atoms with Crippen LogP contribution in [0.2, 0.25) is 5.02 Å². The van der Waals surface area contributed by atoms with Gasteiger partial charge >= 0.3 is 5.97 Å². The predicted molar refractivity (Wildman–Crippen MR) is 137 cm³/mol. The molecule has 0 aromatic heterocycles. The van der Waals surface area contributed by atoms with Gasteiger partial charge in [0, 0.05) is 21.3 Å². The van der Waals surface area contributed by atoms with Crippen LogP contribution < -0.4 is 10.6 Å². The maximum absolute atomic E-state index is 12.6. The fourth-order valence-corrected chi connectivity index (χ4v) is 4.01. The molecular formula is C26H25ClN2O4S. The molecule has 0 aliphatic rings. The summed E-state index contributed by atoms with van der Waals surface area (Å²) in [5, 5.41) is 5.99. The molecule has 0 saturated heterocycles. The topological polar surface area (TPSA) is 84.5 Å². The third-order valence-electron chi connectivity index (χ3n) is 4.76. The minimum atomic E-state index is -0.395. The number of hydrogen-bond acceptors (Lipinski definition) is 5. The first-order valence-electron chi connectivity index (χ1n) is 10.7. The van der Waals surface area contributed by atoms with E-state index in [1.165, 1.54) is 11.8 Å². The van der Waals surface area contributed by atoms with Gasteiger partial charge in [-0.3, -0.25) is 9.59 Å². The first kappa shape index (κ1) is 25.3. The summed E-state index contributed by atoms with van der Waals surface area (Å²) in [7, 11) is 0. The summed E-state index contributed by atoms with van der Waals surface area (Å²) < 4.78 is 4.96. The molecule has 2 N–H and O–H groups in total. The number of hydrogen-bond donors (Lipinski definition) is 2. The lowest BCUT2D eigenvalue weighted by Crippen LogP contribution is -2.22. The molecule has 3 aromatic rings. The minimum absolute atomic E-state index is 0.121. The van der Waals surface area contributed by atoms with E-state index in [4.69, 9.17) is 16.3 Å². The number of anilines is 2. The lowest BCUT2D eigenvalue weighted by molar-refractivity contribution is -0.116. The number of nitrogens with one attached hydrogen (secondary N) is 2. The molecular weight excluding hydrogens is 472 g/mol. The highest BCUT2D eigenvalue weighted by molar-refractivity contribution is 8.00. The molecule has 1 unspecified atom stereocenters. The first-order valence-corrected chi connectivity index (χ1v) is 12.0. The van der Waals surface area contributed by atoms with Crippen LogP contribution in [0.3, 0.4) is 0 Å². The molecule has 34 heavy (non-hydrogen) atoms. The van der Waals surface area contributed by atoms with Crippen LogP contribution in [-0.4, -0.2) is 29.6 Å². The highest BCUT2D eigenvalue weighted by Crippen LogP contribution is 2.26. The Kier molecular flexibility index (Phi) is 9.13. The van der Waals surface area contributed by atoms with Crippen molar-refractivity contribution in [1.82, 2.24) is 0 Å². The SMILES string of the molecule is CCOC(=O)c1ccc(NC(=O)C(C)Sc2ccc(NC(=O)Cc3ccc(Cl)cc3)cc2)cc1. The number of rotatable bonds is 9. The Bertz CT molecular complexity index is 1130. The van der Waals surface area contributed by atoms with E-state index in [2.05, 4.69) is 10.6 Å². The fourth-order valence-electron chi connectivity index (χ4n) is 3.02. The van der Waals surface area contributed by atoms with Gasteiger partial charge in [-0.2, -0.15) is 0 Å². The molecule has 0 spiro atoms. The van der Waals surface area contributed by atoms with Gasteiger partial charge in [0.2, 0.25) is 11.8 Å². The third kappa shape index (κ3) is 7.64. The van der Waals surface area contributed by atoms with Crippen molar-refractivity contribution in [2.24, 2.45) is 0 Å². The van der Waals surface area contributed by atoms with E-state index < -0.39 is 5.97 Å². The van der Waals surface area contributed by atoms with Crippen LogP contribution in [-0.2, 0) is 20.7 Å². The largest absolute Gasteiger partial charge is 0.462 e. The predicted octanol–water partition coefficient (Wildman–Crippen LogP) is 5.82. The Morgan fingerprint density at radius 2 is 1.47 bits per heavy atom. The normalized spacial score (nSPS) is 11.4. The molecule has 0 aliphatic carbocycles. The van der Waals surface area contributed by atoms with Crippen LogP contribution in [0.15, 0.2) is 77.7 Å². The van der Waals surface area contributed by atoms with E-state index in [1.807, 2.05) is 31.2 Å². The molecule has 176 valence electrons. The molecule has 0 saturated carbocycles. The number of ether oxygens (including phenoxy) is 1. The van der Waals surface area contributed by atoms with Gasteiger partial charge in [0.15, 0.2) is 0 Å². The fraction of sp³-hybridized carbons (Fsp3) is 0.192. The number of amides is 2. The van der Waals surface area contributed by atoms with E-state index in [9.17, 15) is 14.4 Å². The number of esters is 1. The van der Waals surface area contributed by atoms with Gasteiger partial charge < -0.3 is 15.4 Å². The summed E-state index contributed by atoms with van der Waals surface area (Å²) in [5.74, 6) is -0.674. The zero-order valence-electron chi connectivity index (χ0n) is 18.8. The molecule has 0 aliphatic heterocycles. The highest BCUT2D eigenvalue weighted by Gasteiger charge is 2.15. The molecule has 3 aromatic carbocycles. The average molecular weight is 497 g/mol. The standard InChI is InChI=1S/C26H25ClN2O4S/c1-3-33-26(32)19-6-10-22(11-7-19)29-25(31)17(2)34-23-14-12-21(13-15-23)28-24(30)16-18-4-8-20(27)9-5-18/h4-15,17H,3,16H2,1-2H3,(H,28,30)(H,29,31). The maximum Gasteiger partial charge on any atom is 0.338 e. The van der Waals surface area contributed by atoms with Crippen LogP contribution in [0.1, 0.15) is 29.8 Å². The summed E-state index contributed by atoms with van der Waals surface area (Å²) in [4.78, 5) is 37.4. The quantitative estimate of drug-likeness (QED) is 0.288. The molecule has 0 radical (unpaired) electrons. The van der Waals surface area contributed by atoms with Crippen LogP contribution in [0.4, 0.5) is 11.4 Å². The van der Waals surface area contributed by atoms with Gasteiger partial charge in [-0.25, -0.2) is 4.79 Å². The minimum Gasteiger partial charge on any atom is -0.462 e. The second-order valence-electron chi connectivity index (χ2n) is 7.42. The zero-order chi connectivity index (χ0) is 24.5. The number of thioether (sulfide) groups is 1. The molecule has 8 heteroatoms. The van der Waals surface area contributed by atoms with Gasteiger partial charge in [-0.05, 0) is 80.1 Å². The van der Waals surface area contributed by atoms with Crippen molar-refractivity contribution in [1.29, 1.82) is 0 Å². The van der Waals surface area contributed by atoms with E-state index >= 15 is 0 Å². The van der Waals surface area contributed by atoms with Gasteiger partial charge in [0.05, 0.1) is 23.8 Å². The van der Waals surface area contributed by atoms with Gasteiger partial charge in [0.1, 0.15) is 0 Å². The highest BCUT2D eigenvalue weighted by atomic mass is 35.5. The number of carbonyl (C=O) groups excluding carboxylic acids is 3. The zero-order valence-corrected chi connectivity index (χ0v) is 20.4. The summed E-state index contributed by atoms with van der Waals surface area (Å²) in [5.41, 5.74) is 2.60. The first-order chi connectivity index (χ1) is 16.3. The van der Waals surface area contributed by atoms with Crippen molar-refractivity contribution < 1.29 is 19.1 Å². The van der Waals surface area contributed by atoms with Crippen LogP contribution in [0.5, 0.6) is 0 Å². The lowest BCUT2D eigenvalue weighted by atomic mass is 10.1. The number of halogens is 1. The molecule has 0 bridgehead atoms. The molecule has 0 fully saturated rings. The van der Waals surface area contributed by atoms with Gasteiger partial charge in [-0.1, -0.05) is 23.7 Å². The van der Waals surface area contributed by atoms with E-state index in [0.717, 1.165) is 10.5 Å². The summed E-state index contributed by atoms with van der Waals surface area (Å²) in [6.45, 7) is 3.87. The van der Waals surface area contributed by atoms with E-state index in [0.29, 0.717) is 28.6 Å². The molecule has 6 nitrogen and oxygen atoms in total. The molecule has 1 atom stereocenters. The summed E-state index contributed by atoms with van der Waals surface area (Å²) in [6.07, 6.45) is 0.256. The third-order valence-corrected chi connectivity index (χ3v) is 6.13. The second kappa shape index (κ2) is 12.3. The Morgan fingerprint density at radius 3 is 2.09 bits per heavy atom. The Morgan fingerprint density at radius 1 is 0.882 bits per heavy atom. The van der Waals surface area contributed by atoms with Crippen molar-refractivity contribution in [3.05, 3.63) is 88.9 Å². The second-order valence-corrected chi connectivity index (χ2v) is 9.27. The number of carbonyl (C=O) groups is 3. The smallest absolute Gasteiger partial charge is 0.338 e.